The van der Waals surface area contributed by atoms with Crippen LogP contribution in [0.2, 0.25) is 0 Å². The normalized spacial score (nSPS) is 40.7. The van der Waals surface area contributed by atoms with Crippen molar-refractivity contribution in [1.29, 1.82) is 0 Å². The van der Waals surface area contributed by atoms with Crippen LogP contribution in [0, 0.1) is 5.92 Å². The molecule has 3 rings (SSSR count). The largest absolute Gasteiger partial charge is 0.359 e. The van der Waals surface area contributed by atoms with Gasteiger partial charge in [-0.3, -0.25) is 0 Å². The molecule has 2 nitrogen and oxygen atoms in total. The van der Waals surface area contributed by atoms with E-state index >= 15 is 0 Å². The number of nitrogens with zero attached hydrogens (tertiary/aromatic N) is 1. The average Bonchev–Trinajstić information content (AvgIpc) is 2.71. The molecular formula is C12H17NO. The van der Waals surface area contributed by atoms with Gasteiger partial charge in [-0.2, -0.15) is 0 Å². The summed E-state index contributed by atoms with van der Waals surface area (Å²) >= 11 is 0. The van der Waals surface area contributed by atoms with Crippen LogP contribution in [0.3, 0.4) is 0 Å². The second-order valence-corrected chi connectivity index (χ2v) is 4.88. The SMILES string of the molecule is C[C@@H]1CC[C@@]2(c3cccn3C)O[C@@H]2C1. The Balaban J connectivity index is 1.91. The van der Waals surface area contributed by atoms with Crippen LogP contribution < -0.4 is 0 Å². The molecule has 0 amide bonds. The molecule has 0 spiro atoms. The van der Waals surface area contributed by atoms with Crippen molar-refractivity contribution in [1.82, 2.24) is 4.57 Å². The van der Waals surface area contributed by atoms with Crippen LogP contribution in [-0.4, -0.2) is 10.7 Å². The molecule has 2 aliphatic rings. The molecule has 1 aromatic heterocycles. The van der Waals surface area contributed by atoms with E-state index in [0.717, 1.165) is 5.92 Å². The highest BCUT2D eigenvalue weighted by atomic mass is 16.6. The van der Waals surface area contributed by atoms with Gasteiger partial charge in [0.15, 0.2) is 0 Å². The van der Waals surface area contributed by atoms with Crippen molar-refractivity contribution in [2.75, 3.05) is 0 Å². The fraction of sp³-hybridized carbons (Fsp3) is 0.667. The molecule has 0 aromatic carbocycles. The Morgan fingerprint density at radius 3 is 3.07 bits per heavy atom. The fourth-order valence-electron chi connectivity index (χ4n) is 2.88. The average molecular weight is 191 g/mol. The third-order valence-electron chi connectivity index (χ3n) is 3.82. The van der Waals surface area contributed by atoms with Crippen LogP contribution in [0.4, 0.5) is 0 Å². The van der Waals surface area contributed by atoms with Crippen LogP contribution >= 0.6 is 0 Å². The minimum Gasteiger partial charge on any atom is -0.359 e. The number of hydrogen-bond donors (Lipinski definition) is 0. The van der Waals surface area contributed by atoms with Crippen LogP contribution in [-0.2, 0) is 17.4 Å². The maximum Gasteiger partial charge on any atom is 0.134 e. The summed E-state index contributed by atoms with van der Waals surface area (Å²) in [6.07, 6.45) is 6.37. The van der Waals surface area contributed by atoms with E-state index in [2.05, 4.69) is 36.9 Å². The monoisotopic (exact) mass is 191 g/mol. The molecule has 1 saturated carbocycles. The van der Waals surface area contributed by atoms with Crippen molar-refractivity contribution in [3.8, 4) is 0 Å². The first-order valence-corrected chi connectivity index (χ1v) is 5.52. The third kappa shape index (κ3) is 1.01. The van der Waals surface area contributed by atoms with E-state index in [9.17, 15) is 0 Å². The Morgan fingerprint density at radius 2 is 2.43 bits per heavy atom. The number of aryl methyl sites for hydroxylation is 1. The van der Waals surface area contributed by atoms with Crippen molar-refractivity contribution in [2.24, 2.45) is 13.0 Å². The van der Waals surface area contributed by atoms with Crippen molar-refractivity contribution < 1.29 is 4.74 Å². The topological polar surface area (TPSA) is 17.5 Å². The lowest BCUT2D eigenvalue weighted by Crippen LogP contribution is -2.23. The van der Waals surface area contributed by atoms with Gasteiger partial charge in [0, 0.05) is 13.2 Å². The van der Waals surface area contributed by atoms with Gasteiger partial charge in [0.2, 0.25) is 0 Å². The lowest BCUT2D eigenvalue weighted by Gasteiger charge is -2.22. The van der Waals surface area contributed by atoms with E-state index in [1.807, 2.05) is 0 Å². The standard InChI is InChI=1S/C12H17NO/c1-9-5-6-12(11(8-9)14-12)10-4-3-7-13(10)2/h3-4,7,9,11H,5-6,8H2,1-2H3/t9-,11-,12+/m1/s1. The smallest absolute Gasteiger partial charge is 0.134 e. The van der Waals surface area contributed by atoms with E-state index in [4.69, 9.17) is 4.74 Å². The highest BCUT2D eigenvalue weighted by Gasteiger charge is 2.60. The molecule has 0 unspecified atom stereocenters. The van der Waals surface area contributed by atoms with Gasteiger partial charge >= 0.3 is 0 Å². The summed E-state index contributed by atoms with van der Waals surface area (Å²) in [4.78, 5) is 0. The van der Waals surface area contributed by atoms with Crippen molar-refractivity contribution >= 4 is 0 Å². The summed E-state index contributed by atoms with van der Waals surface area (Å²) in [5, 5.41) is 0. The highest BCUT2D eigenvalue weighted by molar-refractivity contribution is 5.25. The fourth-order valence-corrected chi connectivity index (χ4v) is 2.88. The van der Waals surface area contributed by atoms with Crippen LogP contribution in [0.25, 0.3) is 0 Å². The van der Waals surface area contributed by atoms with E-state index < -0.39 is 0 Å². The predicted octanol–water partition coefficient (Wildman–Crippen LogP) is 2.44. The predicted molar refractivity (Wildman–Crippen MR) is 55.0 cm³/mol. The molecule has 0 N–H and O–H groups in total. The van der Waals surface area contributed by atoms with Gasteiger partial charge in [-0.05, 0) is 37.3 Å². The molecule has 76 valence electrons. The quantitative estimate of drug-likeness (QED) is 0.623. The zero-order chi connectivity index (χ0) is 9.76. The third-order valence-corrected chi connectivity index (χ3v) is 3.82. The Morgan fingerprint density at radius 1 is 1.57 bits per heavy atom. The number of aromatic nitrogens is 1. The van der Waals surface area contributed by atoms with Gasteiger partial charge < -0.3 is 9.30 Å². The van der Waals surface area contributed by atoms with E-state index in [0.29, 0.717) is 6.10 Å². The molecule has 0 radical (unpaired) electrons. The van der Waals surface area contributed by atoms with Crippen LogP contribution in [0.1, 0.15) is 31.9 Å². The number of hydrogen-bond acceptors (Lipinski definition) is 1. The second-order valence-electron chi connectivity index (χ2n) is 4.88. The second kappa shape index (κ2) is 2.63. The Hall–Kier alpha value is -0.760. The van der Waals surface area contributed by atoms with Crippen LogP contribution in [0.5, 0.6) is 0 Å². The molecular weight excluding hydrogens is 174 g/mol. The Kier molecular flexibility index (Phi) is 1.61. The van der Waals surface area contributed by atoms with Gasteiger partial charge in [-0.15, -0.1) is 0 Å². The molecule has 1 saturated heterocycles. The van der Waals surface area contributed by atoms with Gasteiger partial charge in [-0.1, -0.05) is 6.92 Å². The summed E-state index contributed by atoms with van der Waals surface area (Å²) in [5.41, 5.74) is 1.47. The Labute approximate surface area is 84.9 Å². The first-order chi connectivity index (χ1) is 6.72. The lowest BCUT2D eigenvalue weighted by atomic mass is 9.81. The van der Waals surface area contributed by atoms with Crippen LogP contribution in [0.15, 0.2) is 18.3 Å². The van der Waals surface area contributed by atoms with Gasteiger partial charge in [0.05, 0.1) is 11.8 Å². The number of epoxide rings is 1. The number of rotatable bonds is 1. The van der Waals surface area contributed by atoms with E-state index in [1.54, 1.807) is 0 Å². The molecule has 14 heavy (non-hydrogen) atoms. The minimum atomic E-state index is 0.102. The summed E-state index contributed by atoms with van der Waals surface area (Å²) < 4.78 is 8.14. The minimum absolute atomic E-state index is 0.102. The molecule has 2 fully saturated rings. The van der Waals surface area contributed by atoms with Gasteiger partial charge in [-0.25, -0.2) is 0 Å². The summed E-state index contributed by atoms with van der Waals surface area (Å²) in [5.74, 6) is 0.843. The number of fused-ring (bicyclic) bond motifs is 1. The molecule has 1 aliphatic carbocycles. The molecule has 0 bridgehead atoms. The summed E-state index contributed by atoms with van der Waals surface area (Å²) in [7, 11) is 2.11. The molecule has 3 atom stereocenters. The first kappa shape index (κ1) is 8.54. The molecule has 2 heterocycles. The zero-order valence-electron chi connectivity index (χ0n) is 8.86. The van der Waals surface area contributed by atoms with Gasteiger partial charge in [0.1, 0.15) is 5.60 Å². The maximum atomic E-state index is 5.94. The first-order valence-electron chi connectivity index (χ1n) is 5.52. The lowest BCUT2D eigenvalue weighted by molar-refractivity contribution is 0.275. The molecule has 2 heteroatoms. The van der Waals surface area contributed by atoms with E-state index in [-0.39, 0.29) is 5.60 Å². The summed E-state index contributed by atoms with van der Waals surface area (Å²) in [6.45, 7) is 2.33. The van der Waals surface area contributed by atoms with E-state index in [1.165, 1.54) is 25.0 Å². The van der Waals surface area contributed by atoms with Gasteiger partial charge in [0.25, 0.3) is 0 Å². The van der Waals surface area contributed by atoms with Crippen molar-refractivity contribution in [2.45, 2.75) is 37.9 Å². The van der Waals surface area contributed by atoms with Crippen molar-refractivity contribution in [3.05, 3.63) is 24.0 Å². The Bertz CT molecular complexity index is 357. The molecule has 1 aromatic rings. The summed E-state index contributed by atoms with van der Waals surface area (Å²) in [6, 6.07) is 4.32. The zero-order valence-corrected chi connectivity index (χ0v) is 8.86. The maximum absolute atomic E-state index is 5.94. The van der Waals surface area contributed by atoms with Crippen molar-refractivity contribution in [3.63, 3.8) is 0 Å². The number of ether oxygens (including phenoxy) is 1. The highest BCUT2D eigenvalue weighted by Crippen LogP contribution is 2.56. The molecule has 1 aliphatic heterocycles.